The fourth-order valence-electron chi connectivity index (χ4n) is 3.53. The van der Waals surface area contributed by atoms with Crippen molar-refractivity contribution < 1.29 is 28.5 Å². The molecule has 6 nitrogen and oxygen atoms in total. The normalized spacial score (nSPS) is 13.5. The van der Waals surface area contributed by atoms with E-state index in [4.69, 9.17) is 18.9 Å². The summed E-state index contributed by atoms with van der Waals surface area (Å²) in [6.07, 6.45) is 1.65. The van der Waals surface area contributed by atoms with Gasteiger partial charge in [-0.2, -0.15) is 0 Å². The Morgan fingerprint density at radius 2 is 1.78 bits per heavy atom. The largest absolute Gasteiger partial charge is 0.496 e. The Morgan fingerprint density at radius 3 is 2.50 bits per heavy atom. The monoisotopic (exact) mass is 430 g/mol. The lowest BCUT2D eigenvalue weighted by molar-refractivity contribution is 0.0600. The first-order valence-electron chi connectivity index (χ1n) is 10.0. The first kappa shape index (κ1) is 21.2. The Morgan fingerprint density at radius 1 is 1.03 bits per heavy atom. The van der Waals surface area contributed by atoms with Gasteiger partial charge in [-0.15, -0.1) is 0 Å². The van der Waals surface area contributed by atoms with Gasteiger partial charge in [-0.3, -0.25) is 4.79 Å². The summed E-state index contributed by atoms with van der Waals surface area (Å²) in [5.74, 6) is 1.43. The number of carbonyl (C=O) groups is 2. The van der Waals surface area contributed by atoms with Crippen molar-refractivity contribution in [3.63, 3.8) is 0 Å². The van der Waals surface area contributed by atoms with E-state index in [2.05, 4.69) is 0 Å². The zero-order valence-electron chi connectivity index (χ0n) is 18.0. The Balaban J connectivity index is 1.54. The fourth-order valence-corrected chi connectivity index (χ4v) is 3.53. The van der Waals surface area contributed by atoms with Gasteiger partial charge in [0, 0.05) is 11.6 Å². The smallest absolute Gasteiger partial charge is 0.337 e. The van der Waals surface area contributed by atoms with Gasteiger partial charge in [0.05, 0.1) is 25.3 Å². The van der Waals surface area contributed by atoms with Crippen LogP contribution in [0.1, 0.15) is 37.4 Å². The zero-order valence-corrected chi connectivity index (χ0v) is 18.0. The van der Waals surface area contributed by atoms with Crippen molar-refractivity contribution in [3.8, 4) is 17.2 Å². The molecular formula is C26H22O6. The van der Waals surface area contributed by atoms with Gasteiger partial charge in [0.15, 0.2) is 5.76 Å². The molecule has 32 heavy (non-hydrogen) atoms. The SMILES string of the molecule is COC(=O)c1ccc(/C=C2\Oc3cc(OCc4ccccc4OC)cc(C)c3C2=O)cc1. The maximum Gasteiger partial charge on any atom is 0.337 e. The maximum absolute atomic E-state index is 12.9. The van der Waals surface area contributed by atoms with Gasteiger partial charge in [-0.25, -0.2) is 4.79 Å². The number of aryl methyl sites for hydroxylation is 1. The highest BCUT2D eigenvalue weighted by Gasteiger charge is 2.30. The van der Waals surface area contributed by atoms with Crippen LogP contribution in [0.2, 0.25) is 0 Å². The summed E-state index contributed by atoms with van der Waals surface area (Å²) in [5.41, 5.74) is 3.38. The molecule has 1 heterocycles. The van der Waals surface area contributed by atoms with Gasteiger partial charge >= 0.3 is 5.97 Å². The van der Waals surface area contributed by atoms with Crippen LogP contribution in [-0.2, 0) is 11.3 Å². The minimum absolute atomic E-state index is 0.189. The molecule has 1 aliphatic heterocycles. The number of hydrogen-bond donors (Lipinski definition) is 0. The van der Waals surface area contributed by atoms with Crippen molar-refractivity contribution >= 4 is 17.8 Å². The predicted octanol–water partition coefficient (Wildman–Crippen LogP) is 4.99. The van der Waals surface area contributed by atoms with Gasteiger partial charge in [-0.1, -0.05) is 30.3 Å². The molecule has 0 saturated heterocycles. The second-order valence-corrected chi connectivity index (χ2v) is 7.27. The summed E-state index contributed by atoms with van der Waals surface area (Å²) in [6.45, 7) is 2.18. The van der Waals surface area contributed by atoms with Gasteiger partial charge in [0.2, 0.25) is 5.78 Å². The number of para-hydroxylation sites is 1. The summed E-state index contributed by atoms with van der Waals surface area (Å²) < 4.78 is 21.9. The first-order chi connectivity index (χ1) is 15.5. The van der Waals surface area contributed by atoms with Crippen molar-refractivity contribution in [2.45, 2.75) is 13.5 Å². The third-order valence-corrected chi connectivity index (χ3v) is 5.16. The van der Waals surface area contributed by atoms with E-state index in [0.29, 0.717) is 29.2 Å². The van der Waals surface area contributed by atoms with Crippen LogP contribution in [0, 0.1) is 6.92 Å². The fraction of sp³-hybridized carbons (Fsp3) is 0.154. The number of esters is 1. The van der Waals surface area contributed by atoms with Crippen molar-refractivity contribution in [2.75, 3.05) is 14.2 Å². The highest BCUT2D eigenvalue weighted by atomic mass is 16.5. The van der Waals surface area contributed by atoms with E-state index in [1.165, 1.54) is 7.11 Å². The molecule has 0 fully saturated rings. The molecule has 3 aromatic rings. The lowest BCUT2D eigenvalue weighted by atomic mass is 10.0. The molecule has 0 N–H and O–H groups in total. The number of Topliss-reactive ketones (excluding diaryl/α,β-unsaturated/α-hetero) is 1. The standard InChI is InChI=1S/C26H22O6/c1-16-12-20(31-15-19-6-4-5-7-21(19)29-2)14-22-24(16)25(27)23(32-22)13-17-8-10-18(11-9-17)26(28)30-3/h4-14H,15H2,1-3H3/b23-13-. The third kappa shape index (κ3) is 4.21. The molecule has 3 aromatic carbocycles. The van der Waals surface area contributed by atoms with E-state index in [9.17, 15) is 9.59 Å². The van der Waals surface area contributed by atoms with E-state index in [1.54, 1.807) is 43.5 Å². The molecule has 0 saturated carbocycles. The van der Waals surface area contributed by atoms with Crippen molar-refractivity contribution in [2.24, 2.45) is 0 Å². The molecule has 0 radical (unpaired) electrons. The minimum atomic E-state index is -0.416. The molecule has 6 heteroatoms. The molecule has 0 spiro atoms. The number of rotatable bonds is 6. The van der Waals surface area contributed by atoms with Gasteiger partial charge < -0.3 is 18.9 Å². The van der Waals surface area contributed by atoms with Crippen molar-refractivity contribution in [1.82, 2.24) is 0 Å². The molecule has 0 unspecified atom stereocenters. The number of ketones is 1. The second kappa shape index (κ2) is 8.98. The third-order valence-electron chi connectivity index (χ3n) is 5.16. The molecule has 0 bridgehead atoms. The number of allylic oxidation sites excluding steroid dienone is 1. The van der Waals surface area contributed by atoms with E-state index >= 15 is 0 Å². The maximum atomic E-state index is 12.9. The van der Waals surface area contributed by atoms with Crippen LogP contribution in [0.4, 0.5) is 0 Å². The Labute approximate surface area is 186 Å². The Bertz CT molecular complexity index is 1210. The van der Waals surface area contributed by atoms with Crippen LogP contribution in [0.3, 0.4) is 0 Å². The van der Waals surface area contributed by atoms with Crippen LogP contribution >= 0.6 is 0 Å². The molecule has 162 valence electrons. The van der Waals surface area contributed by atoms with Crippen LogP contribution < -0.4 is 14.2 Å². The summed E-state index contributed by atoms with van der Waals surface area (Å²) in [5, 5.41) is 0. The number of hydrogen-bond acceptors (Lipinski definition) is 6. The predicted molar refractivity (Wildman–Crippen MR) is 119 cm³/mol. The molecule has 0 aliphatic carbocycles. The van der Waals surface area contributed by atoms with Crippen molar-refractivity contribution in [3.05, 3.63) is 94.2 Å². The van der Waals surface area contributed by atoms with E-state index in [1.807, 2.05) is 37.3 Å². The van der Waals surface area contributed by atoms with Crippen LogP contribution in [-0.4, -0.2) is 26.0 Å². The van der Waals surface area contributed by atoms with Gasteiger partial charge in [0.1, 0.15) is 23.9 Å². The van der Waals surface area contributed by atoms with Crippen LogP contribution in [0.5, 0.6) is 17.2 Å². The van der Waals surface area contributed by atoms with E-state index in [0.717, 1.165) is 22.4 Å². The quantitative estimate of drug-likeness (QED) is 0.406. The average molecular weight is 430 g/mol. The number of methoxy groups -OCH3 is 2. The number of carbonyl (C=O) groups excluding carboxylic acids is 2. The van der Waals surface area contributed by atoms with Gasteiger partial charge in [-0.05, 0) is 48.4 Å². The average Bonchev–Trinajstić information content (AvgIpc) is 3.13. The van der Waals surface area contributed by atoms with E-state index in [-0.39, 0.29) is 11.5 Å². The lowest BCUT2D eigenvalue weighted by Gasteiger charge is -2.11. The summed E-state index contributed by atoms with van der Waals surface area (Å²) in [6, 6.07) is 17.9. The topological polar surface area (TPSA) is 71.1 Å². The number of fused-ring (bicyclic) bond motifs is 1. The lowest BCUT2D eigenvalue weighted by Crippen LogP contribution is -2.01. The first-order valence-corrected chi connectivity index (χ1v) is 10.0. The highest BCUT2D eigenvalue weighted by Crippen LogP contribution is 2.38. The molecular weight excluding hydrogens is 408 g/mol. The number of ether oxygens (including phenoxy) is 4. The molecule has 0 amide bonds. The van der Waals surface area contributed by atoms with E-state index < -0.39 is 5.97 Å². The second-order valence-electron chi connectivity index (χ2n) is 7.27. The minimum Gasteiger partial charge on any atom is -0.496 e. The van der Waals surface area contributed by atoms with Crippen molar-refractivity contribution in [1.29, 1.82) is 0 Å². The summed E-state index contributed by atoms with van der Waals surface area (Å²) >= 11 is 0. The highest BCUT2D eigenvalue weighted by molar-refractivity contribution is 6.15. The Kier molecular flexibility index (Phi) is 5.94. The molecule has 0 atom stereocenters. The zero-order chi connectivity index (χ0) is 22.7. The molecule has 0 aromatic heterocycles. The summed E-state index contributed by atoms with van der Waals surface area (Å²) in [4.78, 5) is 24.5. The molecule has 1 aliphatic rings. The summed E-state index contributed by atoms with van der Waals surface area (Å²) in [7, 11) is 2.95. The number of benzene rings is 3. The molecule has 4 rings (SSSR count). The van der Waals surface area contributed by atoms with Gasteiger partial charge in [0.25, 0.3) is 0 Å². The van der Waals surface area contributed by atoms with Crippen LogP contribution in [0.15, 0.2) is 66.4 Å². The van der Waals surface area contributed by atoms with Crippen LogP contribution in [0.25, 0.3) is 6.08 Å². The Hall–Kier alpha value is -4.06.